The maximum absolute atomic E-state index is 12.8. The first-order chi connectivity index (χ1) is 9.34. The first kappa shape index (κ1) is 20.0. The van der Waals surface area contributed by atoms with Crippen molar-refractivity contribution in [3.63, 3.8) is 0 Å². The van der Waals surface area contributed by atoms with Crippen molar-refractivity contribution in [1.29, 1.82) is 0 Å². The highest BCUT2D eigenvalue weighted by molar-refractivity contribution is 5.80. The molecule has 0 spiro atoms. The van der Waals surface area contributed by atoms with Crippen LogP contribution in [0, 0.1) is 28.6 Å². The van der Waals surface area contributed by atoms with Gasteiger partial charge in [0.2, 0.25) is 5.91 Å². The molecule has 0 saturated heterocycles. The van der Waals surface area contributed by atoms with E-state index >= 15 is 0 Å². The minimum Gasteiger partial charge on any atom is -0.351 e. The number of carbonyl (C=O) groups is 1. The quantitative estimate of drug-likeness (QED) is 0.701. The third-order valence-corrected chi connectivity index (χ3v) is 4.14. The predicted octanol–water partition coefficient (Wildman–Crippen LogP) is 4.78. The van der Waals surface area contributed by atoms with Gasteiger partial charge in [-0.25, -0.2) is 0 Å². The van der Waals surface area contributed by atoms with Crippen molar-refractivity contribution >= 4 is 5.91 Å². The van der Waals surface area contributed by atoms with Crippen LogP contribution in [0.5, 0.6) is 0 Å². The minimum absolute atomic E-state index is 0.0239. The van der Waals surface area contributed by atoms with Crippen molar-refractivity contribution in [2.45, 2.75) is 87.1 Å². The van der Waals surface area contributed by atoms with Gasteiger partial charge in [0, 0.05) is 17.9 Å². The van der Waals surface area contributed by atoms with Gasteiger partial charge >= 0.3 is 0 Å². The van der Waals surface area contributed by atoms with Crippen LogP contribution in [0.3, 0.4) is 0 Å². The van der Waals surface area contributed by atoms with Gasteiger partial charge in [-0.15, -0.1) is 11.8 Å². The molecule has 0 fully saturated rings. The van der Waals surface area contributed by atoms with Crippen LogP contribution < -0.4 is 5.32 Å². The topological polar surface area (TPSA) is 29.1 Å². The summed E-state index contributed by atoms with van der Waals surface area (Å²) in [6.45, 7) is 19.0. The van der Waals surface area contributed by atoms with Crippen LogP contribution in [0.1, 0.15) is 81.6 Å². The lowest BCUT2D eigenvalue weighted by molar-refractivity contribution is -0.131. The molecule has 1 unspecified atom stereocenters. The molecule has 0 aliphatic rings. The van der Waals surface area contributed by atoms with E-state index in [4.69, 9.17) is 0 Å². The monoisotopic (exact) mass is 293 g/mol. The summed E-state index contributed by atoms with van der Waals surface area (Å²) in [5.41, 5.74) is -0.154. The summed E-state index contributed by atoms with van der Waals surface area (Å²) in [7, 11) is 0. The predicted molar refractivity (Wildman–Crippen MR) is 91.9 cm³/mol. The molecule has 0 rings (SSSR count). The van der Waals surface area contributed by atoms with Crippen molar-refractivity contribution < 1.29 is 4.79 Å². The Morgan fingerprint density at radius 2 is 1.62 bits per heavy atom. The SMILES string of the molecule is CC#CCC(C)(C)C(CC(C)(C)C)C(=O)NC(C)(C)CC. The molecule has 2 heteroatoms. The average Bonchev–Trinajstić information content (AvgIpc) is 2.31. The molecule has 2 nitrogen and oxygen atoms in total. The van der Waals surface area contributed by atoms with E-state index in [-0.39, 0.29) is 28.2 Å². The van der Waals surface area contributed by atoms with E-state index in [1.807, 2.05) is 6.92 Å². The van der Waals surface area contributed by atoms with E-state index in [0.717, 1.165) is 19.3 Å². The highest BCUT2D eigenvalue weighted by Gasteiger charge is 2.38. The summed E-state index contributed by atoms with van der Waals surface area (Å²) in [5, 5.41) is 3.22. The summed E-state index contributed by atoms with van der Waals surface area (Å²) in [4.78, 5) is 12.8. The molecule has 1 amide bonds. The van der Waals surface area contributed by atoms with Gasteiger partial charge in [-0.1, -0.05) is 41.5 Å². The van der Waals surface area contributed by atoms with Crippen molar-refractivity contribution in [3.8, 4) is 11.8 Å². The van der Waals surface area contributed by atoms with Crippen LogP contribution in [0.25, 0.3) is 0 Å². The molecule has 122 valence electrons. The molecule has 0 radical (unpaired) electrons. The number of carbonyl (C=O) groups excluding carboxylic acids is 1. The van der Waals surface area contributed by atoms with Crippen molar-refractivity contribution in [3.05, 3.63) is 0 Å². The third-order valence-electron chi connectivity index (χ3n) is 4.14. The lowest BCUT2D eigenvalue weighted by atomic mass is 9.69. The Balaban J connectivity index is 5.30. The van der Waals surface area contributed by atoms with Crippen LogP contribution in [0.2, 0.25) is 0 Å². The largest absolute Gasteiger partial charge is 0.351 e. The lowest BCUT2D eigenvalue weighted by Crippen LogP contribution is -2.49. The van der Waals surface area contributed by atoms with Gasteiger partial charge in [-0.05, 0) is 44.4 Å². The first-order valence-corrected chi connectivity index (χ1v) is 8.06. The second kappa shape index (κ2) is 7.34. The van der Waals surface area contributed by atoms with E-state index in [2.05, 4.69) is 72.5 Å². The number of hydrogen-bond donors (Lipinski definition) is 1. The van der Waals surface area contributed by atoms with Gasteiger partial charge < -0.3 is 5.32 Å². The molecule has 0 saturated carbocycles. The molecule has 0 aliphatic heterocycles. The Hall–Kier alpha value is -0.970. The maximum Gasteiger partial charge on any atom is 0.224 e. The molecule has 0 bridgehead atoms. The van der Waals surface area contributed by atoms with E-state index in [1.165, 1.54) is 0 Å². The van der Waals surface area contributed by atoms with Crippen molar-refractivity contribution in [2.75, 3.05) is 0 Å². The van der Waals surface area contributed by atoms with Crippen LogP contribution in [-0.2, 0) is 4.79 Å². The van der Waals surface area contributed by atoms with Crippen LogP contribution in [0.4, 0.5) is 0 Å². The van der Waals surface area contributed by atoms with Crippen molar-refractivity contribution in [1.82, 2.24) is 5.32 Å². The van der Waals surface area contributed by atoms with Crippen LogP contribution in [-0.4, -0.2) is 11.4 Å². The summed E-state index contributed by atoms with van der Waals surface area (Å²) in [6.07, 6.45) is 2.55. The van der Waals surface area contributed by atoms with E-state index in [0.29, 0.717) is 0 Å². The minimum atomic E-state index is -0.153. The Morgan fingerprint density at radius 1 is 1.10 bits per heavy atom. The number of rotatable bonds is 6. The van der Waals surface area contributed by atoms with Gasteiger partial charge in [0.25, 0.3) is 0 Å². The molecule has 0 aromatic carbocycles. The summed E-state index contributed by atoms with van der Waals surface area (Å²) >= 11 is 0. The fraction of sp³-hybridized carbons (Fsp3) is 0.842. The van der Waals surface area contributed by atoms with Crippen LogP contribution in [0.15, 0.2) is 0 Å². The summed E-state index contributed by atoms with van der Waals surface area (Å²) < 4.78 is 0. The van der Waals surface area contributed by atoms with Gasteiger partial charge in [-0.2, -0.15) is 0 Å². The summed E-state index contributed by atoms with van der Waals surface area (Å²) in [6, 6.07) is 0. The Labute approximate surface area is 132 Å². The Kier molecular flexibility index (Phi) is 7.00. The molecule has 1 N–H and O–H groups in total. The second-order valence-corrected chi connectivity index (χ2v) is 8.64. The van der Waals surface area contributed by atoms with Crippen LogP contribution >= 0.6 is 0 Å². The average molecular weight is 293 g/mol. The molecule has 0 aliphatic carbocycles. The van der Waals surface area contributed by atoms with Gasteiger partial charge in [0.15, 0.2) is 0 Å². The van der Waals surface area contributed by atoms with Gasteiger partial charge in [-0.3, -0.25) is 4.79 Å². The number of hydrogen-bond acceptors (Lipinski definition) is 1. The standard InChI is InChI=1S/C19H35NO/c1-10-12-13-18(6,7)15(14-17(3,4)5)16(21)20-19(8,9)11-2/h15H,11,13-14H2,1-9H3,(H,20,21). The second-order valence-electron chi connectivity index (χ2n) is 8.64. The zero-order chi connectivity index (χ0) is 16.9. The highest BCUT2D eigenvalue weighted by atomic mass is 16.2. The van der Waals surface area contributed by atoms with Crippen molar-refractivity contribution in [2.24, 2.45) is 16.7 Å². The van der Waals surface area contributed by atoms with E-state index in [9.17, 15) is 4.79 Å². The third kappa shape index (κ3) is 7.55. The molecular formula is C19H35NO. The van der Waals surface area contributed by atoms with Gasteiger partial charge in [0.1, 0.15) is 0 Å². The van der Waals surface area contributed by atoms with Gasteiger partial charge in [0.05, 0.1) is 0 Å². The first-order valence-electron chi connectivity index (χ1n) is 8.06. The fourth-order valence-corrected chi connectivity index (χ4v) is 2.28. The smallest absolute Gasteiger partial charge is 0.224 e. The lowest BCUT2D eigenvalue weighted by Gasteiger charge is -2.38. The zero-order valence-electron chi connectivity index (χ0n) is 15.6. The molecular weight excluding hydrogens is 258 g/mol. The molecule has 0 aromatic rings. The maximum atomic E-state index is 12.8. The highest BCUT2D eigenvalue weighted by Crippen LogP contribution is 2.39. The molecule has 0 aromatic heterocycles. The Bertz CT molecular complexity index is 402. The fourth-order valence-electron chi connectivity index (χ4n) is 2.28. The van der Waals surface area contributed by atoms with E-state index in [1.54, 1.807) is 0 Å². The normalized spacial score (nSPS) is 14.1. The molecule has 1 atom stereocenters. The molecule has 21 heavy (non-hydrogen) atoms. The number of amides is 1. The Morgan fingerprint density at radius 3 is 2.00 bits per heavy atom. The zero-order valence-corrected chi connectivity index (χ0v) is 15.6. The molecule has 0 heterocycles. The van der Waals surface area contributed by atoms with E-state index < -0.39 is 0 Å². The summed E-state index contributed by atoms with van der Waals surface area (Å²) in [5.74, 6) is 6.26. The number of nitrogens with one attached hydrogen (secondary N) is 1.